The molecule has 2 rings (SSSR count). The van der Waals surface area contributed by atoms with Gasteiger partial charge in [0.2, 0.25) is 5.91 Å². The van der Waals surface area contributed by atoms with Crippen LogP contribution < -0.4 is 5.69 Å². The Morgan fingerprint density at radius 1 is 1.44 bits per heavy atom. The van der Waals surface area contributed by atoms with Gasteiger partial charge in [-0.1, -0.05) is 17.7 Å². The molecule has 0 spiro atoms. The lowest BCUT2D eigenvalue weighted by atomic mass is 10.3. The summed E-state index contributed by atoms with van der Waals surface area (Å²) in [6.07, 6.45) is 1.19. The molecular formula is C10H8ClN3O2. The minimum Gasteiger partial charge on any atom is -0.274 e. The molecule has 0 aliphatic rings. The van der Waals surface area contributed by atoms with Gasteiger partial charge in [0, 0.05) is 11.9 Å². The summed E-state index contributed by atoms with van der Waals surface area (Å²) in [5, 5.41) is 4.34. The van der Waals surface area contributed by atoms with Gasteiger partial charge < -0.3 is 0 Å². The summed E-state index contributed by atoms with van der Waals surface area (Å²) in [5.74, 6) is -0.377. The predicted octanol–water partition coefficient (Wildman–Crippen LogP) is 1.35. The molecule has 1 aromatic heterocycles. The van der Waals surface area contributed by atoms with E-state index in [4.69, 9.17) is 11.6 Å². The van der Waals surface area contributed by atoms with E-state index < -0.39 is 5.69 Å². The topological polar surface area (TPSA) is 56.9 Å². The van der Waals surface area contributed by atoms with E-state index in [9.17, 15) is 9.59 Å². The highest BCUT2D eigenvalue weighted by Crippen LogP contribution is 2.12. The quantitative estimate of drug-likeness (QED) is 0.752. The Hall–Kier alpha value is -1.88. The molecule has 0 fully saturated rings. The van der Waals surface area contributed by atoms with Crippen LogP contribution >= 0.6 is 11.6 Å². The van der Waals surface area contributed by atoms with Gasteiger partial charge in [0.05, 0.1) is 5.69 Å². The number of nitrogens with zero attached hydrogens (tertiary/aromatic N) is 3. The fourth-order valence-corrected chi connectivity index (χ4v) is 1.49. The molecule has 0 radical (unpaired) electrons. The van der Waals surface area contributed by atoms with Crippen LogP contribution in [0.15, 0.2) is 35.4 Å². The van der Waals surface area contributed by atoms with E-state index in [1.165, 1.54) is 13.3 Å². The lowest BCUT2D eigenvalue weighted by molar-refractivity contribution is 0.0932. The third-order valence-corrected chi connectivity index (χ3v) is 2.30. The maximum atomic E-state index is 11.7. The van der Waals surface area contributed by atoms with E-state index >= 15 is 0 Å². The smallest absolute Gasteiger partial charge is 0.274 e. The normalized spacial score (nSPS) is 10.4. The molecule has 0 atom stereocenters. The molecule has 0 aliphatic carbocycles. The largest absolute Gasteiger partial charge is 0.357 e. The van der Waals surface area contributed by atoms with E-state index in [0.717, 1.165) is 9.25 Å². The third kappa shape index (κ3) is 1.77. The molecule has 0 bridgehead atoms. The van der Waals surface area contributed by atoms with Crippen molar-refractivity contribution in [3.63, 3.8) is 0 Å². The number of carbonyl (C=O) groups is 1. The first-order chi connectivity index (χ1) is 7.59. The van der Waals surface area contributed by atoms with E-state index in [2.05, 4.69) is 5.10 Å². The summed E-state index contributed by atoms with van der Waals surface area (Å²) in [5.41, 5.74) is 0.0206. The van der Waals surface area contributed by atoms with Crippen molar-refractivity contribution < 1.29 is 4.79 Å². The highest BCUT2D eigenvalue weighted by molar-refractivity contribution is 6.30. The number of carbonyl (C=O) groups excluding carboxylic acids is 1. The van der Waals surface area contributed by atoms with Crippen LogP contribution in [-0.4, -0.2) is 20.3 Å². The first-order valence-corrected chi connectivity index (χ1v) is 4.91. The Kier molecular flexibility index (Phi) is 2.62. The average Bonchev–Trinajstić information content (AvgIpc) is 2.60. The standard InChI is InChI=1S/C10H8ClN3O2/c1-7(15)13-6-12-14(10(13)16)9-4-2-3-8(11)5-9/h2-6H,1H3. The van der Waals surface area contributed by atoms with Crippen molar-refractivity contribution in [2.45, 2.75) is 6.92 Å². The number of hydrogen-bond donors (Lipinski definition) is 0. The summed E-state index contributed by atoms with van der Waals surface area (Å²) >= 11 is 5.80. The Bertz CT molecular complexity index is 600. The van der Waals surface area contributed by atoms with Crippen LogP contribution in [0.4, 0.5) is 0 Å². The summed E-state index contributed by atoms with van der Waals surface area (Å²) in [6.45, 7) is 1.30. The lowest BCUT2D eigenvalue weighted by Gasteiger charge is -1.98. The molecule has 0 N–H and O–H groups in total. The maximum absolute atomic E-state index is 11.7. The molecule has 0 unspecified atom stereocenters. The van der Waals surface area contributed by atoms with Crippen LogP contribution in [0, 0.1) is 0 Å². The molecule has 0 saturated heterocycles. The molecule has 0 saturated carbocycles. The van der Waals surface area contributed by atoms with Crippen molar-refractivity contribution in [3.8, 4) is 5.69 Å². The molecule has 6 heteroatoms. The molecule has 1 aromatic carbocycles. The highest BCUT2D eigenvalue weighted by atomic mass is 35.5. The number of benzene rings is 1. The fourth-order valence-electron chi connectivity index (χ4n) is 1.31. The minimum atomic E-state index is -0.505. The molecule has 0 amide bonds. The second kappa shape index (κ2) is 3.94. The van der Waals surface area contributed by atoms with Gasteiger partial charge in [-0.05, 0) is 18.2 Å². The van der Waals surface area contributed by atoms with Crippen molar-refractivity contribution in [2.24, 2.45) is 0 Å². The van der Waals surface area contributed by atoms with Gasteiger partial charge in [0.25, 0.3) is 0 Å². The molecule has 1 heterocycles. The van der Waals surface area contributed by atoms with E-state index in [1.54, 1.807) is 24.3 Å². The number of rotatable bonds is 1. The molecule has 82 valence electrons. The van der Waals surface area contributed by atoms with Gasteiger partial charge in [-0.3, -0.25) is 4.79 Å². The highest BCUT2D eigenvalue weighted by Gasteiger charge is 2.09. The second-order valence-electron chi connectivity index (χ2n) is 3.19. The van der Waals surface area contributed by atoms with Crippen molar-refractivity contribution in [1.82, 2.24) is 14.3 Å². The molecule has 5 nitrogen and oxygen atoms in total. The van der Waals surface area contributed by atoms with Gasteiger partial charge in [0.15, 0.2) is 0 Å². The SMILES string of the molecule is CC(=O)n1cnn(-c2cccc(Cl)c2)c1=O. The van der Waals surface area contributed by atoms with Crippen LogP contribution in [0.3, 0.4) is 0 Å². The summed E-state index contributed by atoms with van der Waals surface area (Å²) in [6, 6.07) is 6.68. The first-order valence-electron chi connectivity index (χ1n) is 4.53. The van der Waals surface area contributed by atoms with Crippen molar-refractivity contribution in [2.75, 3.05) is 0 Å². The van der Waals surface area contributed by atoms with Gasteiger partial charge in [0.1, 0.15) is 6.33 Å². The van der Waals surface area contributed by atoms with Gasteiger partial charge in [-0.25, -0.2) is 9.36 Å². The lowest BCUT2D eigenvalue weighted by Crippen LogP contribution is -2.26. The van der Waals surface area contributed by atoms with Crippen LogP contribution in [0.5, 0.6) is 0 Å². The number of hydrogen-bond acceptors (Lipinski definition) is 3. The zero-order valence-corrected chi connectivity index (χ0v) is 9.18. The Morgan fingerprint density at radius 2 is 2.19 bits per heavy atom. The molecular weight excluding hydrogens is 230 g/mol. The fraction of sp³-hybridized carbons (Fsp3) is 0.100. The first kappa shape index (κ1) is 10.6. The number of aromatic nitrogens is 3. The van der Waals surface area contributed by atoms with Crippen LogP contribution in [0.2, 0.25) is 5.02 Å². The van der Waals surface area contributed by atoms with Crippen LogP contribution in [0.1, 0.15) is 11.7 Å². The minimum absolute atomic E-state index is 0.377. The van der Waals surface area contributed by atoms with Gasteiger partial charge >= 0.3 is 5.69 Å². The van der Waals surface area contributed by atoms with E-state index in [1.807, 2.05) is 0 Å². The molecule has 16 heavy (non-hydrogen) atoms. The Morgan fingerprint density at radius 3 is 2.75 bits per heavy atom. The predicted molar refractivity (Wildman–Crippen MR) is 59.1 cm³/mol. The summed E-state index contributed by atoms with van der Waals surface area (Å²) in [7, 11) is 0. The zero-order valence-electron chi connectivity index (χ0n) is 8.42. The Balaban J connectivity index is 2.58. The monoisotopic (exact) mass is 237 g/mol. The molecule has 2 aromatic rings. The average molecular weight is 238 g/mol. The Labute approximate surface area is 95.9 Å². The third-order valence-electron chi connectivity index (χ3n) is 2.06. The molecule has 0 aliphatic heterocycles. The summed E-state index contributed by atoms with van der Waals surface area (Å²) < 4.78 is 2.05. The maximum Gasteiger partial charge on any atom is 0.357 e. The zero-order chi connectivity index (χ0) is 11.7. The van der Waals surface area contributed by atoms with Gasteiger partial charge in [-0.2, -0.15) is 9.78 Å². The van der Waals surface area contributed by atoms with Crippen molar-refractivity contribution in [3.05, 3.63) is 46.1 Å². The summed E-state index contributed by atoms with van der Waals surface area (Å²) in [4.78, 5) is 22.8. The van der Waals surface area contributed by atoms with Crippen LogP contribution in [0.25, 0.3) is 5.69 Å². The van der Waals surface area contributed by atoms with E-state index in [-0.39, 0.29) is 5.91 Å². The van der Waals surface area contributed by atoms with E-state index in [0.29, 0.717) is 10.7 Å². The van der Waals surface area contributed by atoms with Crippen molar-refractivity contribution in [1.29, 1.82) is 0 Å². The van der Waals surface area contributed by atoms with Crippen molar-refractivity contribution >= 4 is 17.5 Å². The van der Waals surface area contributed by atoms with Gasteiger partial charge in [-0.15, -0.1) is 0 Å². The second-order valence-corrected chi connectivity index (χ2v) is 3.63. The van der Waals surface area contributed by atoms with Crippen LogP contribution in [-0.2, 0) is 0 Å². The number of halogens is 1.